The van der Waals surface area contributed by atoms with E-state index in [1.54, 1.807) is 6.07 Å². The summed E-state index contributed by atoms with van der Waals surface area (Å²) < 4.78 is 13.6. The molecular formula is C17H15FN2. The molecular weight excluding hydrogens is 251 g/mol. The lowest BCUT2D eigenvalue weighted by Crippen LogP contribution is -2.26. The molecule has 2 aromatic carbocycles. The molecule has 0 saturated carbocycles. The summed E-state index contributed by atoms with van der Waals surface area (Å²) in [5, 5.41) is 8.95. The van der Waals surface area contributed by atoms with E-state index in [4.69, 9.17) is 5.26 Å². The Kier molecular flexibility index (Phi) is 3.39. The second-order valence-corrected chi connectivity index (χ2v) is 5.07. The molecule has 0 saturated heterocycles. The first-order chi connectivity index (χ1) is 9.76. The molecule has 1 aliphatic heterocycles. The van der Waals surface area contributed by atoms with Crippen molar-refractivity contribution in [3.05, 3.63) is 65.0 Å². The first-order valence-electron chi connectivity index (χ1n) is 6.79. The predicted molar refractivity (Wildman–Crippen MR) is 77.2 cm³/mol. The Morgan fingerprint density at radius 2 is 1.65 bits per heavy atom. The fourth-order valence-electron chi connectivity index (χ4n) is 2.75. The van der Waals surface area contributed by atoms with E-state index in [9.17, 15) is 4.39 Å². The monoisotopic (exact) mass is 266 g/mol. The maximum atomic E-state index is 13.6. The van der Waals surface area contributed by atoms with Gasteiger partial charge < -0.3 is 4.90 Å². The van der Waals surface area contributed by atoms with Gasteiger partial charge in [-0.05, 0) is 42.2 Å². The zero-order valence-corrected chi connectivity index (χ0v) is 11.1. The topological polar surface area (TPSA) is 27.0 Å². The number of nitriles is 1. The van der Waals surface area contributed by atoms with E-state index in [0.717, 1.165) is 31.6 Å². The van der Waals surface area contributed by atoms with Crippen LogP contribution in [0.4, 0.5) is 10.1 Å². The van der Waals surface area contributed by atoms with Crippen molar-refractivity contribution in [2.24, 2.45) is 0 Å². The van der Waals surface area contributed by atoms with E-state index in [1.165, 1.54) is 23.3 Å². The van der Waals surface area contributed by atoms with Gasteiger partial charge in [0.2, 0.25) is 0 Å². The molecule has 2 nitrogen and oxygen atoms in total. The van der Waals surface area contributed by atoms with Gasteiger partial charge in [-0.2, -0.15) is 5.26 Å². The molecule has 2 aromatic rings. The highest BCUT2D eigenvalue weighted by Crippen LogP contribution is 2.23. The van der Waals surface area contributed by atoms with Gasteiger partial charge in [0.25, 0.3) is 0 Å². The number of benzene rings is 2. The molecule has 0 unspecified atom stereocenters. The normalized spacial score (nSPS) is 14.3. The van der Waals surface area contributed by atoms with Crippen LogP contribution in [0.5, 0.6) is 0 Å². The molecule has 3 heteroatoms. The maximum Gasteiger partial charge on any atom is 0.126 e. The minimum absolute atomic E-state index is 0.346. The Bertz CT molecular complexity index is 646. The highest BCUT2D eigenvalue weighted by molar-refractivity contribution is 5.53. The Hall–Kier alpha value is -2.34. The van der Waals surface area contributed by atoms with Gasteiger partial charge in [0.15, 0.2) is 0 Å². The first-order valence-corrected chi connectivity index (χ1v) is 6.79. The van der Waals surface area contributed by atoms with E-state index in [-0.39, 0.29) is 5.82 Å². The molecule has 1 heterocycles. The van der Waals surface area contributed by atoms with Crippen LogP contribution in [0, 0.1) is 17.1 Å². The third kappa shape index (κ3) is 2.50. The van der Waals surface area contributed by atoms with Crippen LogP contribution in [-0.2, 0) is 12.8 Å². The lowest BCUT2D eigenvalue weighted by atomic mass is 10.0. The number of hydrogen-bond donors (Lipinski definition) is 0. The summed E-state index contributed by atoms with van der Waals surface area (Å²) in [6, 6.07) is 15.0. The molecule has 0 spiro atoms. The number of halogens is 1. The van der Waals surface area contributed by atoms with Crippen molar-refractivity contribution in [2.75, 3.05) is 18.0 Å². The van der Waals surface area contributed by atoms with Crippen LogP contribution >= 0.6 is 0 Å². The van der Waals surface area contributed by atoms with Crippen LogP contribution < -0.4 is 4.90 Å². The second kappa shape index (κ2) is 5.34. The van der Waals surface area contributed by atoms with Gasteiger partial charge in [-0.1, -0.05) is 24.3 Å². The molecule has 0 bridgehead atoms. The van der Waals surface area contributed by atoms with Gasteiger partial charge in [0, 0.05) is 18.8 Å². The molecule has 0 atom stereocenters. The molecule has 0 amide bonds. The third-order valence-electron chi connectivity index (χ3n) is 3.80. The fourth-order valence-corrected chi connectivity index (χ4v) is 2.75. The molecule has 0 aromatic heterocycles. The molecule has 0 radical (unpaired) electrons. The Morgan fingerprint density at radius 1 is 1.00 bits per heavy atom. The van der Waals surface area contributed by atoms with Crippen LogP contribution in [0.15, 0.2) is 42.5 Å². The average molecular weight is 266 g/mol. The molecule has 0 fully saturated rings. The van der Waals surface area contributed by atoms with Crippen LogP contribution in [0.2, 0.25) is 0 Å². The average Bonchev–Trinajstić information content (AvgIpc) is 2.69. The molecule has 0 aliphatic carbocycles. The van der Waals surface area contributed by atoms with E-state index in [2.05, 4.69) is 29.2 Å². The number of rotatable bonds is 1. The van der Waals surface area contributed by atoms with Crippen LogP contribution in [0.3, 0.4) is 0 Å². The fraction of sp³-hybridized carbons (Fsp3) is 0.235. The van der Waals surface area contributed by atoms with Crippen LogP contribution in [-0.4, -0.2) is 13.1 Å². The number of nitrogens with zero attached hydrogens (tertiary/aromatic N) is 2. The molecule has 3 rings (SSSR count). The van der Waals surface area contributed by atoms with Crippen molar-refractivity contribution in [3.63, 3.8) is 0 Å². The van der Waals surface area contributed by atoms with E-state index >= 15 is 0 Å². The maximum absolute atomic E-state index is 13.6. The third-order valence-corrected chi connectivity index (χ3v) is 3.80. The number of hydrogen-bond acceptors (Lipinski definition) is 2. The molecule has 1 aliphatic rings. The van der Waals surface area contributed by atoms with Crippen molar-refractivity contribution in [1.82, 2.24) is 0 Å². The quantitative estimate of drug-likeness (QED) is 0.792. The predicted octanol–water partition coefficient (Wildman–Crippen LogP) is 3.30. The van der Waals surface area contributed by atoms with E-state index < -0.39 is 0 Å². The molecule has 20 heavy (non-hydrogen) atoms. The van der Waals surface area contributed by atoms with Gasteiger partial charge in [0.1, 0.15) is 5.82 Å². The van der Waals surface area contributed by atoms with E-state index in [0.29, 0.717) is 5.56 Å². The zero-order valence-electron chi connectivity index (χ0n) is 11.1. The number of fused-ring (bicyclic) bond motifs is 1. The van der Waals surface area contributed by atoms with Crippen molar-refractivity contribution >= 4 is 5.69 Å². The Balaban J connectivity index is 1.87. The lowest BCUT2D eigenvalue weighted by Gasteiger charge is -2.22. The number of anilines is 1. The standard InChI is InChI=1S/C17H15FN2/c18-16-9-13(12-19)10-17(11-16)20-7-5-14-3-1-2-4-15(14)6-8-20/h1-4,9-11H,5-8H2. The van der Waals surface area contributed by atoms with Gasteiger partial charge in [-0.25, -0.2) is 4.39 Å². The van der Waals surface area contributed by atoms with Gasteiger partial charge in [0.05, 0.1) is 11.6 Å². The first kappa shape index (κ1) is 12.7. The highest BCUT2D eigenvalue weighted by atomic mass is 19.1. The highest BCUT2D eigenvalue weighted by Gasteiger charge is 2.15. The van der Waals surface area contributed by atoms with Gasteiger partial charge >= 0.3 is 0 Å². The van der Waals surface area contributed by atoms with Crippen LogP contribution in [0.1, 0.15) is 16.7 Å². The van der Waals surface area contributed by atoms with Crippen molar-refractivity contribution in [2.45, 2.75) is 12.8 Å². The smallest absolute Gasteiger partial charge is 0.126 e. The van der Waals surface area contributed by atoms with Gasteiger partial charge in [-0.15, -0.1) is 0 Å². The Morgan fingerprint density at radius 3 is 2.25 bits per heavy atom. The summed E-state index contributed by atoms with van der Waals surface area (Å²) in [7, 11) is 0. The van der Waals surface area contributed by atoms with Gasteiger partial charge in [-0.3, -0.25) is 0 Å². The van der Waals surface area contributed by atoms with Crippen molar-refractivity contribution < 1.29 is 4.39 Å². The molecule has 0 N–H and O–H groups in total. The molecule has 100 valence electrons. The van der Waals surface area contributed by atoms with Crippen molar-refractivity contribution in [1.29, 1.82) is 5.26 Å². The zero-order chi connectivity index (χ0) is 13.9. The second-order valence-electron chi connectivity index (χ2n) is 5.07. The van der Waals surface area contributed by atoms with Crippen molar-refractivity contribution in [3.8, 4) is 6.07 Å². The summed E-state index contributed by atoms with van der Waals surface area (Å²) in [4.78, 5) is 2.16. The largest absolute Gasteiger partial charge is 0.371 e. The van der Waals surface area contributed by atoms with Crippen LogP contribution in [0.25, 0.3) is 0 Å². The minimum atomic E-state index is -0.346. The van der Waals surface area contributed by atoms with E-state index in [1.807, 2.05) is 6.07 Å². The summed E-state index contributed by atoms with van der Waals surface area (Å²) in [5.74, 6) is -0.346. The Labute approximate surface area is 118 Å². The summed E-state index contributed by atoms with van der Waals surface area (Å²) in [6.45, 7) is 1.71. The summed E-state index contributed by atoms with van der Waals surface area (Å²) in [6.07, 6.45) is 1.91. The summed E-state index contributed by atoms with van der Waals surface area (Å²) >= 11 is 0. The SMILES string of the molecule is N#Cc1cc(F)cc(N2CCc3ccccc3CC2)c1. The lowest BCUT2D eigenvalue weighted by molar-refractivity contribution is 0.626. The summed E-state index contributed by atoms with van der Waals surface area (Å²) in [5.41, 5.74) is 3.91. The minimum Gasteiger partial charge on any atom is -0.371 e.